The van der Waals surface area contributed by atoms with Crippen LogP contribution in [0.1, 0.15) is 33.6 Å². The summed E-state index contributed by atoms with van der Waals surface area (Å²) in [5, 5.41) is 8.79. The Kier molecular flexibility index (Phi) is 4.20. The average molecular weight is 185 g/mol. The van der Waals surface area contributed by atoms with Gasteiger partial charge in [0, 0.05) is 25.7 Å². The molecule has 0 bridgehead atoms. The second-order valence-corrected chi connectivity index (χ2v) is 4.63. The zero-order valence-electron chi connectivity index (χ0n) is 9.16. The van der Waals surface area contributed by atoms with Crippen LogP contribution in [0.4, 0.5) is 0 Å². The van der Waals surface area contributed by atoms with E-state index in [9.17, 15) is 0 Å². The van der Waals surface area contributed by atoms with Crippen molar-refractivity contribution in [3.8, 4) is 0 Å². The van der Waals surface area contributed by atoms with Gasteiger partial charge in [-0.1, -0.05) is 13.8 Å². The molecule has 0 amide bonds. The highest BCUT2D eigenvalue weighted by molar-refractivity contribution is 4.81. The zero-order chi connectivity index (χ0) is 9.84. The Morgan fingerprint density at radius 2 is 2.00 bits per heavy atom. The molecule has 1 N–H and O–H groups in total. The Balaban J connectivity index is 2.41. The molecule has 0 aromatic rings. The summed E-state index contributed by atoms with van der Waals surface area (Å²) in [6.07, 6.45) is 2.28. The van der Waals surface area contributed by atoms with Gasteiger partial charge in [0.15, 0.2) is 0 Å². The minimum atomic E-state index is 0.325. The second kappa shape index (κ2) is 4.97. The molecule has 1 aliphatic rings. The molecule has 1 heterocycles. The van der Waals surface area contributed by atoms with Gasteiger partial charge in [-0.05, 0) is 31.6 Å². The maximum Gasteiger partial charge on any atom is 0.0443 e. The third-order valence-electron chi connectivity index (χ3n) is 3.32. The van der Waals surface area contributed by atoms with E-state index in [0.717, 1.165) is 24.8 Å². The van der Waals surface area contributed by atoms with Crippen molar-refractivity contribution in [2.45, 2.75) is 39.7 Å². The SMILES string of the molecule is CC1CC(C)C(C)N(CCCO)C1. The number of hydrogen-bond acceptors (Lipinski definition) is 2. The number of aliphatic hydroxyl groups is 1. The van der Waals surface area contributed by atoms with Crippen molar-refractivity contribution in [1.82, 2.24) is 4.90 Å². The van der Waals surface area contributed by atoms with Gasteiger partial charge in [-0.25, -0.2) is 0 Å². The quantitative estimate of drug-likeness (QED) is 0.724. The van der Waals surface area contributed by atoms with E-state index in [1.54, 1.807) is 0 Å². The summed E-state index contributed by atoms with van der Waals surface area (Å²) < 4.78 is 0. The zero-order valence-corrected chi connectivity index (χ0v) is 9.16. The van der Waals surface area contributed by atoms with Crippen molar-refractivity contribution in [3.05, 3.63) is 0 Å². The van der Waals surface area contributed by atoms with Gasteiger partial charge < -0.3 is 10.0 Å². The number of nitrogens with zero attached hydrogens (tertiary/aromatic N) is 1. The molecule has 0 aliphatic carbocycles. The Morgan fingerprint density at radius 1 is 1.31 bits per heavy atom. The first kappa shape index (κ1) is 11.0. The smallest absolute Gasteiger partial charge is 0.0443 e. The van der Waals surface area contributed by atoms with Crippen LogP contribution < -0.4 is 0 Å². The van der Waals surface area contributed by atoms with Crippen LogP contribution in [0.5, 0.6) is 0 Å². The summed E-state index contributed by atoms with van der Waals surface area (Å²) in [5.41, 5.74) is 0. The van der Waals surface area contributed by atoms with Crippen LogP contribution in [0.15, 0.2) is 0 Å². The van der Waals surface area contributed by atoms with Crippen molar-refractivity contribution < 1.29 is 5.11 Å². The number of aliphatic hydroxyl groups excluding tert-OH is 1. The largest absolute Gasteiger partial charge is 0.396 e. The Hall–Kier alpha value is -0.0800. The van der Waals surface area contributed by atoms with Gasteiger partial charge in [-0.3, -0.25) is 0 Å². The molecule has 1 fully saturated rings. The van der Waals surface area contributed by atoms with Crippen LogP contribution in [-0.4, -0.2) is 35.7 Å². The predicted octanol–water partition coefficient (Wildman–Crippen LogP) is 1.74. The summed E-state index contributed by atoms with van der Waals surface area (Å²) in [5.74, 6) is 1.63. The summed E-state index contributed by atoms with van der Waals surface area (Å²) >= 11 is 0. The standard InChI is InChI=1S/C11H23NO/c1-9-7-10(2)11(3)12(8-9)5-4-6-13/h9-11,13H,4-8H2,1-3H3. The highest BCUT2D eigenvalue weighted by atomic mass is 16.3. The molecule has 0 saturated carbocycles. The lowest BCUT2D eigenvalue weighted by Gasteiger charge is -2.41. The average Bonchev–Trinajstić information content (AvgIpc) is 2.09. The highest BCUT2D eigenvalue weighted by Crippen LogP contribution is 2.26. The molecule has 0 aromatic heterocycles. The van der Waals surface area contributed by atoms with Gasteiger partial charge >= 0.3 is 0 Å². The molecule has 0 spiro atoms. The van der Waals surface area contributed by atoms with Gasteiger partial charge in [-0.2, -0.15) is 0 Å². The fraction of sp³-hybridized carbons (Fsp3) is 1.00. The van der Waals surface area contributed by atoms with E-state index in [-0.39, 0.29) is 0 Å². The van der Waals surface area contributed by atoms with E-state index in [0.29, 0.717) is 12.6 Å². The molecule has 1 aliphatic heterocycles. The molecule has 2 nitrogen and oxygen atoms in total. The lowest BCUT2D eigenvalue weighted by atomic mass is 9.86. The Morgan fingerprint density at radius 3 is 2.62 bits per heavy atom. The predicted molar refractivity (Wildman–Crippen MR) is 55.7 cm³/mol. The van der Waals surface area contributed by atoms with Crippen molar-refractivity contribution in [2.24, 2.45) is 11.8 Å². The molecule has 1 rings (SSSR count). The van der Waals surface area contributed by atoms with Gasteiger partial charge in [0.1, 0.15) is 0 Å². The first-order chi connectivity index (χ1) is 6.15. The molecular weight excluding hydrogens is 162 g/mol. The van der Waals surface area contributed by atoms with Gasteiger partial charge in [0.05, 0.1) is 0 Å². The molecule has 78 valence electrons. The van der Waals surface area contributed by atoms with Crippen LogP contribution in [0.3, 0.4) is 0 Å². The minimum absolute atomic E-state index is 0.325. The molecule has 2 heteroatoms. The Labute approximate surface area is 81.9 Å². The minimum Gasteiger partial charge on any atom is -0.396 e. The molecule has 3 atom stereocenters. The van der Waals surface area contributed by atoms with E-state index in [2.05, 4.69) is 25.7 Å². The van der Waals surface area contributed by atoms with Gasteiger partial charge in [0.25, 0.3) is 0 Å². The summed E-state index contributed by atoms with van der Waals surface area (Å²) in [6, 6.07) is 0.697. The third-order valence-corrected chi connectivity index (χ3v) is 3.32. The number of piperidine rings is 1. The van der Waals surface area contributed by atoms with Crippen LogP contribution in [0, 0.1) is 11.8 Å². The number of likely N-dealkylation sites (tertiary alicyclic amines) is 1. The topological polar surface area (TPSA) is 23.5 Å². The summed E-state index contributed by atoms with van der Waals surface area (Å²) in [6.45, 7) is 9.58. The van der Waals surface area contributed by atoms with Crippen molar-refractivity contribution in [3.63, 3.8) is 0 Å². The van der Waals surface area contributed by atoms with E-state index in [1.165, 1.54) is 13.0 Å². The molecule has 0 radical (unpaired) electrons. The summed E-state index contributed by atoms with van der Waals surface area (Å²) in [4.78, 5) is 2.52. The monoisotopic (exact) mass is 185 g/mol. The fourth-order valence-electron chi connectivity index (χ4n) is 2.40. The van der Waals surface area contributed by atoms with E-state index in [1.807, 2.05) is 0 Å². The van der Waals surface area contributed by atoms with Crippen LogP contribution in [-0.2, 0) is 0 Å². The molecule has 3 unspecified atom stereocenters. The van der Waals surface area contributed by atoms with Gasteiger partial charge in [-0.15, -0.1) is 0 Å². The van der Waals surface area contributed by atoms with Crippen LogP contribution in [0.2, 0.25) is 0 Å². The number of rotatable bonds is 3. The second-order valence-electron chi connectivity index (χ2n) is 4.63. The summed E-state index contributed by atoms with van der Waals surface area (Å²) in [7, 11) is 0. The molecular formula is C11H23NO. The number of hydrogen-bond donors (Lipinski definition) is 1. The van der Waals surface area contributed by atoms with Crippen molar-refractivity contribution >= 4 is 0 Å². The van der Waals surface area contributed by atoms with Crippen LogP contribution >= 0.6 is 0 Å². The van der Waals surface area contributed by atoms with Crippen molar-refractivity contribution in [1.29, 1.82) is 0 Å². The highest BCUT2D eigenvalue weighted by Gasteiger charge is 2.27. The molecule has 0 aromatic carbocycles. The fourth-order valence-corrected chi connectivity index (χ4v) is 2.40. The lowest BCUT2D eigenvalue weighted by Crippen LogP contribution is -2.46. The Bertz CT molecular complexity index is 149. The third kappa shape index (κ3) is 2.96. The van der Waals surface area contributed by atoms with E-state index >= 15 is 0 Å². The molecule has 1 saturated heterocycles. The maximum absolute atomic E-state index is 8.79. The van der Waals surface area contributed by atoms with Crippen LogP contribution in [0.25, 0.3) is 0 Å². The molecule has 13 heavy (non-hydrogen) atoms. The lowest BCUT2D eigenvalue weighted by molar-refractivity contribution is 0.0734. The van der Waals surface area contributed by atoms with Gasteiger partial charge in [0.2, 0.25) is 0 Å². The van der Waals surface area contributed by atoms with Crippen molar-refractivity contribution in [2.75, 3.05) is 19.7 Å². The first-order valence-electron chi connectivity index (χ1n) is 5.50. The normalized spacial score (nSPS) is 36.5. The maximum atomic E-state index is 8.79. The van der Waals surface area contributed by atoms with E-state index in [4.69, 9.17) is 5.11 Å². The van der Waals surface area contributed by atoms with E-state index < -0.39 is 0 Å². The first-order valence-corrected chi connectivity index (χ1v) is 5.50.